The standard InChI is InChI=1S/C15H20FNS/c1-3-5-8-14(17-10-4-2)12-18-15-9-6-7-13(16)11-15/h6-7,9,11,14,17H,4,8,10,12H2,1-2H3. The van der Waals surface area contributed by atoms with Crippen LogP contribution in [-0.2, 0) is 0 Å². The van der Waals surface area contributed by atoms with Crippen LogP contribution in [0.5, 0.6) is 0 Å². The molecule has 98 valence electrons. The second-order valence-corrected chi connectivity index (χ2v) is 5.14. The topological polar surface area (TPSA) is 12.0 Å². The van der Waals surface area contributed by atoms with Gasteiger partial charge in [-0.3, -0.25) is 0 Å². The zero-order valence-corrected chi connectivity index (χ0v) is 11.8. The molecule has 18 heavy (non-hydrogen) atoms. The van der Waals surface area contributed by atoms with Crippen LogP contribution in [0, 0.1) is 17.7 Å². The number of benzene rings is 1. The van der Waals surface area contributed by atoms with Crippen molar-refractivity contribution in [1.82, 2.24) is 5.32 Å². The van der Waals surface area contributed by atoms with Crippen molar-refractivity contribution in [3.63, 3.8) is 0 Å². The Bertz CT molecular complexity index is 408. The first-order chi connectivity index (χ1) is 8.76. The zero-order valence-electron chi connectivity index (χ0n) is 11.0. The van der Waals surface area contributed by atoms with E-state index in [9.17, 15) is 4.39 Å². The molecule has 0 saturated carbocycles. The van der Waals surface area contributed by atoms with Gasteiger partial charge < -0.3 is 5.32 Å². The molecule has 1 nitrogen and oxygen atoms in total. The highest BCUT2D eigenvalue weighted by Gasteiger charge is 2.07. The molecule has 0 spiro atoms. The third-order valence-corrected chi connectivity index (χ3v) is 3.61. The largest absolute Gasteiger partial charge is 0.312 e. The molecule has 1 rings (SSSR count). The maximum absolute atomic E-state index is 13.0. The van der Waals surface area contributed by atoms with Crippen LogP contribution in [0.1, 0.15) is 26.7 Å². The number of nitrogens with one attached hydrogen (secondary N) is 1. The summed E-state index contributed by atoms with van der Waals surface area (Å²) in [5.41, 5.74) is 0. The molecule has 1 aromatic carbocycles. The van der Waals surface area contributed by atoms with Crippen molar-refractivity contribution in [3.8, 4) is 11.8 Å². The summed E-state index contributed by atoms with van der Waals surface area (Å²) in [6.07, 6.45) is 1.96. The van der Waals surface area contributed by atoms with E-state index in [4.69, 9.17) is 0 Å². The Kier molecular flexibility index (Phi) is 7.55. The Morgan fingerprint density at radius 1 is 1.44 bits per heavy atom. The van der Waals surface area contributed by atoms with Crippen LogP contribution in [0.25, 0.3) is 0 Å². The Balaban J connectivity index is 2.46. The summed E-state index contributed by atoms with van der Waals surface area (Å²) in [5, 5.41) is 3.47. The summed E-state index contributed by atoms with van der Waals surface area (Å²) in [4.78, 5) is 0.975. The third kappa shape index (κ3) is 6.09. The maximum Gasteiger partial charge on any atom is 0.124 e. The van der Waals surface area contributed by atoms with Gasteiger partial charge in [0.2, 0.25) is 0 Å². The van der Waals surface area contributed by atoms with E-state index in [1.54, 1.807) is 23.9 Å². The van der Waals surface area contributed by atoms with Gasteiger partial charge in [-0.25, -0.2) is 4.39 Å². The van der Waals surface area contributed by atoms with Gasteiger partial charge in [-0.15, -0.1) is 23.6 Å². The summed E-state index contributed by atoms with van der Waals surface area (Å²) in [6.45, 7) is 5.01. The van der Waals surface area contributed by atoms with E-state index in [0.717, 1.165) is 30.0 Å². The molecule has 1 unspecified atom stereocenters. The summed E-state index contributed by atoms with van der Waals surface area (Å²) in [5.74, 6) is 6.77. The summed E-state index contributed by atoms with van der Waals surface area (Å²) >= 11 is 1.67. The van der Waals surface area contributed by atoms with Crippen LogP contribution < -0.4 is 5.32 Å². The van der Waals surface area contributed by atoms with Gasteiger partial charge in [-0.05, 0) is 38.1 Å². The molecule has 0 aromatic heterocycles. The molecule has 0 radical (unpaired) electrons. The van der Waals surface area contributed by atoms with Crippen LogP contribution in [0.3, 0.4) is 0 Å². The van der Waals surface area contributed by atoms with Crippen LogP contribution in [0.15, 0.2) is 29.2 Å². The maximum atomic E-state index is 13.0. The molecule has 0 heterocycles. The second kappa shape index (κ2) is 9.02. The number of halogens is 1. The first kappa shape index (κ1) is 15.1. The van der Waals surface area contributed by atoms with Gasteiger partial charge in [0.25, 0.3) is 0 Å². The average molecular weight is 265 g/mol. The minimum atomic E-state index is -0.175. The molecular formula is C15H20FNS. The van der Waals surface area contributed by atoms with Gasteiger partial charge in [0.15, 0.2) is 0 Å². The molecule has 0 saturated heterocycles. The smallest absolute Gasteiger partial charge is 0.124 e. The monoisotopic (exact) mass is 265 g/mol. The minimum absolute atomic E-state index is 0.175. The highest BCUT2D eigenvalue weighted by Crippen LogP contribution is 2.20. The van der Waals surface area contributed by atoms with Gasteiger partial charge in [-0.2, -0.15) is 0 Å². The molecule has 1 aromatic rings. The average Bonchev–Trinajstić information content (AvgIpc) is 2.38. The first-order valence-corrected chi connectivity index (χ1v) is 7.26. The van der Waals surface area contributed by atoms with E-state index < -0.39 is 0 Å². The van der Waals surface area contributed by atoms with E-state index >= 15 is 0 Å². The number of hydrogen-bond donors (Lipinski definition) is 1. The predicted octanol–water partition coefficient (Wildman–Crippen LogP) is 3.70. The number of hydrogen-bond acceptors (Lipinski definition) is 2. The predicted molar refractivity (Wildman–Crippen MR) is 77.3 cm³/mol. The summed E-state index contributed by atoms with van der Waals surface area (Å²) in [7, 11) is 0. The van der Waals surface area contributed by atoms with Crippen molar-refractivity contribution in [2.45, 2.75) is 37.6 Å². The minimum Gasteiger partial charge on any atom is -0.312 e. The van der Waals surface area contributed by atoms with Crippen molar-refractivity contribution in [2.75, 3.05) is 12.3 Å². The second-order valence-electron chi connectivity index (χ2n) is 4.05. The Labute approximate surface area is 114 Å². The molecular weight excluding hydrogens is 245 g/mol. The quantitative estimate of drug-likeness (QED) is 0.596. The molecule has 0 aliphatic heterocycles. The van der Waals surface area contributed by atoms with E-state index in [-0.39, 0.29) is 5.82 Å². The number of thioether (sulfide) groups is 1. The van der Waals surface area contributed by atoms with E-state index in [0.29, 0.717) is 6.04 Å². The molecule has 0 aliphatic rings. The van der Waals surface area contributed by atoms with Crippen LogP contribution >= 0.6 is 11.8 Å². The fraction of sp³-hybridized carbons (Fsp3) is 0.467. The van der Waals surface area contributed by atoms with Crippen molar-refractivity contribution in [3.05, 3.63) is 30.1 Å². The Hall–Kier alpha value is -0.980. The van der Waals surface area contributed by atoms with E-state index in [1.807, 2.05) is 13.0 Å². The highest BCUT2D eigenvalue weighted by molar-refractivity contribution is 7.99. The molecule has 0 fully saturated rings. The van der Waals surface area contributed by atoms with Crippen LogP contribution in [0.2, 0.25) is 0 Å². The lowest BCUT2D eigenvalue weighted by Crippen LogP contribution is -2.31. The fourth-order valence-corrected chi connectivity index (χ4v) is 2.52. The van der Waals surface area contributed by atoms with Gasteiger partial charge in [-0.1, -0.05) is 13.0 Å². The summed E-state index contributed by atoms with van der Waals surface area (Å²) < 4.78 is 13.0. The molecule has 0 bridgehead atoms. The van der Waals surface area contributed by atoms with Gasteiger partial charge in [0, 0.05) is 23.1 Å². The van der Waals surface area contributed by atoms with Gasteiger partial charge in [0.05, 0.1) is 0 Å². The molecule has 3 heteroatoms. The third-order valence-electron chi connectivity index (χ3n) is 2.46. The van der Waals surface area contributed by atoms with Crippen molar-refractivity contribution in [2.24, 2.45) is 0 Å². The van der Waals surface area contributed by atoms with Crippen LogP contribution in [0.4, 0.5) is 4.39 Å². The lowest BCUT2D eigenvalue weighted by Gasteiger charge is -2.15. The lowest BCUT2D eigenvalue weighted by atomic mass is 10.2. The van der Waals surface area contributed by atoms with Gasteiger partial charge in [0.1, 0.15) is 5.82 Å². The first-order valence-electron chi connectivity index (χ1n) is 6.27. The van der Waals surface area contributed by atoms with E-state index in [1.165, 1.54) is 6.07 Å². The molecule has 0 amide bonds. The Morgan fingerprint density at radius 3 is 2.94 bits per heavy atom. The van der Waals surface area contributed by atoms with Crippen molar-refractivity contribution in [1.29, 1.82) is 0 Å². The normalized spacial score (nSPS) is 11.7. The molecule has 0 aliphatic carbocycles. The zero-order chi connectivity index (χ0) is 13.2. The summed E-state index contributed by atoms with van der Waals surface area (Å²) in [6, 6.07) is 7.10. The van der Waals surface area contributed by atoms with Crippen molar-refractivity contribution < 1.29 is 4.39 Å². The fourth-order valence-electron chi connectivity index (χ4n) is 1.52. The number of rotatable bonds is 7. The molecule has 1 N–H and O–H groups in total. The van der Waals surface area contributed by atoms with Crippen LogP contribution in [-0.4, -0.2) is 18.3 Å². The van der Waals surface area contributed by atoms with Gasteiger partial charge >= 0.3 is 0 Å². The SMILES string of the molecule is CC#CCC(CSc1cccc(F)c1)NCCC. The highest BCUT2D eigenvalue weighted by atomic mass is 32.2. The van der Waals surface area contributed by atoms with Crippen molar-refractivity contribution >= 4 is 11.8 Å². The molecule has 1 atom stereocenters. The van der Waals surface area contributed by atoms with E-state index in [2.05, 4.69) is 24.1 Å². The Morgan fingerprint density at radius 2 is 2.28 bits per heavy atom. The lowest BCUT2D eigenvalue weighted by molar-refractivity contribution is 0.563.